The number of sulfonamides is 1. The Morgan fingerprint density at radius 3 is 2.70 bits per heavy atom. The SMILES string of the molecule is COc1ccc(Cl)cc1S(=O)(=O)NC[C@](C)(O)CSC. The van der Waals surface area contributed by atoms with Gasteiger partial charge in [-0.05, 0) is 31.4 Å². The van der Waals surface area contributed by atoms with Crippen LogP contribution in [0.25, 0.3) is 0 Å². The first-order chi connectivity index (χ1) is 9.22. The number of hydrogen-bond donors (Lipinski definition) is 2. The van der Waals surface area contributed by atoms with E-state index in [1.165, 1.54) is 31.0 Å². The number of thioether (sulfide) groups is 1. The van der Waals surface area contributed by atoms with E-state index in [0.29, 0.717) is 10.8 Å². The fourth-order valence-corrected chi connectivity index (χ4v) is 3.87. The number of aliphatic hydroxyl groups is 1. The van der Waals surface area contributed by atoms with Crippen molar-refractivity contribution >= 4 is 33.4 Å². The summed E-state index contributed by atoms with van der Waals surface area (Å²) < 4.78 is 31.9. The molecule has 8 heteroatoms. The molecular weight excluding hydrogens is 322 g/mol. The number of nitrogens with one attached hydrogen (secondary N) is 1. The van der Waals surface area contributed by atoms with Gasteiger partial charge < -0.3 is 9.84 Å². The Bertz CT molecular complexity index is 561. The van der Waals surface area contributed by atoms with Gasteiger partial charge in [-0.2, -0.15) is 11.8 Å². The van der Waals surface area contributed by atoms with Gasteiger partial charge in [0.15, 0.2) is 0 Å². The normalized spacial score (nSPS) is 14.8. The molecule has 0 aliphatic carbocycles. The molecule has 114 valence electrons. The molecule has 1 aromatic rings. The third-order valence-corrected chi connectivity index (χ3v) is 5.08. The largest absolute Gasteiger partial charge is 0.495 e. The van der Waals surface area contributed by atoms with Gasteiger partial charge in [-0.25, -0.2) is 13.1 Å². The summed E-state index contributed by atoms with van der Waals surface area (Å²) in [5.41, 5.74) is -1.13. The van der Waals surface area contributed by atoms with Crippen molar-refractivity contribution < 1.29 is 18.3 Å². The van der Waals surface area contributed by atoms with Crippen molar-refractivity contribution in [2.24, 2.45) is 0 Å². The summed E-state index contributed by atoms with van der Waals surface area (Å²) in [6.45, 7) is 1.48. The van der Waals surface area contributed by atoms with Crippen LogP contribution < -0.4 is 9.46 Å². The minimum atomic E-state index is -3.81. The molecule has 0 fully saturated rings. The molecule has 0 saturated carbocycles. The van der Waals surface area contributed by atoms with Crippen molar-refractivity contribution in [1.82, 2.24) is 4.72 Å². The second-order valence-corrected chi connectivity index (χ2v) is 7.59. The molecule has 0 radical (unpaired) electrons. The predicted molar refractivity (Wildman–Crippen MR) is 82.2 cm³/mol. The smallest absolute Gasteiger partial charge is 0.244 e. The van der Waals surface area contributed by atoms with E-state index in [0.717, 1.165) is 0 Å². The molecular formula is C12H18ClNO4S2. The third-order valence-electron chi connectivity index (χ3n) is 2.51. The minimum Gasteiger partial charge on any atom is -0.495 e. The first-order valence-corrected chi connectivity index (χ1v) is 9.02. The van der Waals surface area contributed by atoms with Crippen LogP contribution in [0.3, 0.4) is 0 Å². The monoisotopic (exact) mass is 339 g/mol. The van der Waals surface area contributed by atoms with Crippen LogP contribution >= 0.6 is 23.4 Å². The maximum absolute atomic E-state index is 12.2. The van der Waals surface area contributed by atoms with Crippen LogP contribution in [0.2, 0.25) is 5.02 Å². The molecule has 20 heavy (non-hydrogen) atoms. The maximum atomic E-state index is 12.2. The van der Waals surface area contributed by atoms with Gasteiger partial charge in [0.25, 0.3) is 0 Å². The first-order valence-electron chi connectivity index (χ1n) is 5.76. The molecule has 0 aromatic heterocycles. The van der Waals surface area contributed by atoms with Gasteiger partial charge in [-0.1, -0.05) is 11.6 Å². The Morgan fingerprint density at radius 2 is 2.15 bits per heavy atom. The molecule has 1 aromatic carbocycles. The molecule has 0 spiro atoms. The van der Waals surface area contributed by atoms with Gasteiger partial charge in [-0.3, -0.25) is 0 Å². The van der Waals surface area contributed by atoms with E-state index in [4.69, 9.17) is 16.3 Å². The molecule has 0 aliphatic heterocycles. The van der Waals surface area contributed by atoms with E-state index < -0.39 is 15.6 Å². The van der Waals surface area contributed by atoms with Crippen molar-refractivity contribution in [2.45, 2.75) is 17.4 Å². The van der Waals surface area contributed by atoms with Crippen molar-refractivity contribution in [1.29, 1.82) is 0 Å². The second kappa shape index (κ2) is 7.00. The summed E-state index contributed by atoms with van der Waals surface area (Å²) in [6, 6.07) is 4.34. The fourth-order valence-electron chi connectivity index (χ4n) is 1.55. The lowest BCUT2D eigenvalue weighted by atomic mass is 10.1. The number of halogens is 1. The summed E-state index contributed by atoms with van der Waals surface area (Å²) in [5.74, 6) is 0.619. The van der Waals surface area contributed by atoms with E-state index in [1.54, 1.807) is 13.0 Å². The summed E-state index contributed by atoms with van der Waals surface area (Å²) in [5, 5.41) is 10.3. The van der Waals surface area contributed by atoms with Crippen molar-refractivity contribution in [3.8, 4) is 5.75 Å². The van der Waals surface area contributed by atoms with Crippen LogP contribution in [0, 0.1) is 0 Å². The number of rotatable bonds is 7. The van der Waals surface area contributed by atoms with Crippen LogP contribution in [0.15, 0.2) is 23.1 Å². The van der Waals surface area contributed by atoms with Gasteiger partial charge in [-0.15, -0.1) is 0 Å². The zero-order valence-corrected chi connectivity index (χ0v) is 13.9. The summed E-state index contributed by atoms with van der Waals surface area (Å²) in [4.78, 5) is -0.0487. The minimum absolute atomic E-state index is 0.0487. The molecule has 0 aliphatic rings. The molecule has 5 nitrogen and oxygen atoms in total. The highest BCUT2D eigenvalue weighted by Gasteiger charge is 2.25. The topological polar surface area (TPSA) is 75.6 Å². The van der Waals surface area contributed by atoms with E-state index in [-0.39, 0.29) is 17.2 Å². The summed E-state index contributed by atoms with van der Waals surface area (Å²) in [7, 11) is -2.42. The Kier molecular flexibility index (Phi) is 6.15. The van der Waals surface area contributed by atoms with Gasteiger partial charge in [0.05, 0.1) is 12.7 Å². The van der Waals surface area contributed by atoms with Gasteiger partial charge in [0, 0.05) is 17.3 Å². The molecule has 1 atom stereocenters. The average molecular weight is 340 g/mol. The van der Waals surface area contributed by atoms with E-state index >= 15 is 0 Å². The second-order valence-electron chi connectivity index (χ2n) is 4.55. The molecule has 0 heterocycles. The lowest BCUT2D eigenvalue weighted by Gasteiger charge is -2.22. The van der Waals surface area contributed by atoms with Gasteiger partial charge in [0.1, 0.15) is 10.6 Å². The number of benzene rings is 1. The predicted octanol–water partition coefficient (Wildman–Crippen LogP) is 1.74. The van der Waals surface area contributed by atoms with Crippen LogP contribution in [0.1, 0.15) is 6.92 Å². The Labute approximate surface area is 128 Å². The molecule has 0 saturated heterocycles. The average Bonchev–Trinajstić information content (AvgIpc) is 2.37. The van der Waals surface area contributed by atoms with Crippen molar-refractivity contribution in [3.05, 3.63) is 23.2 Å². The van der Waals surface area contributed by atoms with Crippen molar-refractivity contribution in [3.63, 3.8) is 0 Å². The van der Waals surface area contributed by atoms with Crippen LogP contribution in [0.5, 0.6) is 5.75 Å². The summed E-state index contributed by atoms with van der Waals surface area (Å²) in [6.07, 6.45) is 1.84. The standard InChI is InChI=1S/C12H18ClNO4S2/c1-12(15,8-19-3)7-14-20(16,17)11-6-9(13)4-5-10(11)18-2/h4-6,14-15H,7-8H2,1-3H3/t12-/m0/s1. The van der Waals surface area contributed by atoms with Gasteiger partial charge in [0.2, 0.25) is 10.0 Å². The fraction of sp³-hybridized carbons (Fsp3) is 0.500. The third kappa shape index (κ3) is 4.82. The zero-order chi connectivity index (χ0) is 15.4. The highest BCUT2D eigenvalue weighted by atomic mass is 35.5. The first kappa shape index (κ1) is 17.6. The number of hydrogen-bond acceptors (Lipinski definition) is 5. The Balaban J connectivity index is 2.97. The maximum Gasteiger partial charge on any atom is 0.244 e. The van der Waals surface area contributed by atoms with Crippen LogP contribution in [0.4, 0.5) is 0 Å². The van der Waals surface area contributed by atoms with E-state index in [9.17, 15) is 13.5 Å². The lowest BCUT2D eigenvalue weighted by Crippen LogP contribution is -2.42. The highest BCUT2D eigenvalue weighted by Crippen LogP contribution is 2.27. The number of ether oxygens (including phenoxy) is 1. The van der Waals surface area contributed by atoms with E-state index in [1.807, 2.05) is 6.26 Å². The number of methoxy groups -OCH3 is 1. The van der Waals surface area contributed by atoms with Crippen molar-refractivity contribution in [2.75, 3.05) is 25.7 Å². The molecule has 1 rings (SSSR count). The Hall–Kier alpha value is -0.470. The lowest BCUT2D eigenvalue weighted by molar-refractivity contribution is 0.0908. The quantitative estimate of drug-likeness (QED) is 0.791. The molecule has 0 bridgehead atoms. The van der Waals surface area contributed by atoms with Gasteiger partial charge >= 0.3 is 0 Å². The summed E-state index contributed by atoms with van der Waals surface area (Å²) >= 11 is 7.25. The van der Waals surface area contributed by atoms with E-state index in [2.05, 4.69) is 4.72 Å². The Morgan fingerprint density at radius 1 is 1.50 bits per heavy atom. The molecule has 0 unspecified atom stereocenters. The highest BCUT2D eigenvalue weighted by molar-refractivity contribution is 7.98. The molecule has 0 amide bonds. The molecule has 2 N–H and O–H groups in total. The zero-order valence-electron chi connectivity index (χ0n) is 11.5. The van der Waals surface area contributed by atoms with Crippen LogP contribution in [-0.4, -0.2) is 44.8 Å². The van der Waals surface area contributed by atoms with Crippen LogP contribution in [-0.2, 0) is 10.0 Å².